The van der Waals surface area contributed by atoms with Gasteiger partial charge in [0, 0.05) is 50.9 Å². The summed E-state index contributed by atoms with van der Waals surface area (Å²) < 4.78 is 10.7. The molecule has 0 aliphatic rings. The highest BCUT2D eigenvalue weighted by Crippen LogP contribution is 2.29. The molecule has 0 aliphatic heterocycles. The average Bonchev–Trinajstić information content (AvgIpc) is 3.59. The fraction of sp³-hybridized carbons (Fsp3) is 0.0857. The summed E-state index contributed by atoms with van der Waals surface area (Å²) in [5.41, 5.74) is 2.44. The van der Waals surface area contributed by atoms with Gasteiger partial charge in [0.2, 0.25) is 5.91 Å². The van der Waals surface area contributed by atoms with E-state index in [2.05, 4.69) is 20.9 Å². The summed E-state index contributed by atoms with van der Waals surface area (Å²) >= 11 is 2.51. The van der Waals surface area contributed by atoms with Crippen molar-refractivity contribution in [2.24, 2.45) is 0 Å². The average molecular weight is 696 g/mol. The lowest BCUT2D eigenvalue weighted by Gasteiger charge is -2.13. The Balaban J connectivity index is 1.22. The number of amides is 3. The van der Waals surface area contributed by atoms with Gasteiger partial charge in [0.25, 0.3) is 17.5 Å². The van der Waals surface area contributed by atoms with Gasteiger partial charge in [-0.15, -0.1) is 23.1 Å². The Hall–Kier alpha value is -5.99. The van der Waals surface area contributed by atoms with Crippen molar-refractivity contribution in [3.05, 3.63) is 129 Å². The van der Waals surface area contributed by atoms with Crippen LogP contribution in [0.25, 0.3) is 17.3 Å². The molecule has 0 bridgehead atoms. The molecule has 49 heavy (non-hydrogen) atoms. The summed E-state index contributed by atoms with van der Waals surface area (Å²) in [5, 5.41) is 21.4. The molecule has 5 aromatic rings. The van der Waals surface area contributed by atoms with Gasteiger partial charge in [-0.2, -0.15) is 0 Å². The van der Waals surface area contributed by atoms with Crippen LogP contribution in [0.2, 0.25) is 0 Å². The molecule has 0 aliphatic carbocycles. The number of nitrogens with one attached hydrogen (secondary N) is 3. The topological polar surface area (TPSA) is 162 Å². The number of anilines is 2. The normalized spacial score (nSPS) is 10.9. The van der Waals surface area contributed by atoms with Gasteiger partial charge in [0.1, 0.15) is 17.2 Å². The van der Waals surface area contributed by atoms with E-state index in [1.165, 1.54) is 55.5 Å². The SMILES string of the molecule is COc1ccc(/C=C(\NC(=O)c2ccccc2)C(=O)Nc2ccc(SCC(=O)Nc3nc(-c4cccc([N+](=O)[O-])c4)cs3)cc2)c(OC)c1. The summed E-state index contributed by atoms with van der Waals surface area (Å²) in [6, 6.07) is 26.7. The molecule has 0 fully saturated rings. The molecular weight excluding hydrogens is 667 g/mol. The third-order valence-electron chi connectivity index (χ3n) is 6.85. The second-order valence-electron chi connectivity index (χ2n) is 10.1. The summed E-state index contributed by atoms with van der Waals surface area (Å²) in [4.78, 5) is 54.8. The fourth-order valence-corrected chi connectivity index (χ4v) is 5.85. The molecule has 12 nitrogen and oxygen atoms in total. The van der Waals surface area contributed by atoms with Crippen LogP contribution in [0.1, 0.15) is 15.9 Å². The molecule has 0 radical (unpaired) electrons. The van der Waals surface area contributed by atoms with Crippen LogP contribution in [-0.2, 0) is 9.59 Å². The lowest BCUT2D eigenvalue weighted by molar-refractivity contribution is -0.384. The van der Waals surface area contributed by atoms with Crippen molar-refractivity contribution in [1.29, 1.82) is 0 Å². The number of nitro groups is 1. The Kier molecular flexibility index (Phi) is 11.4. The van der Waals surface area contributed by atoms with Crippen molar-refractivity contribution in [2.45, 2.75) is 4.90 Å². The first-order chi connectivity index (χ1) is 23.7. The molecule has 3 amide bonds. The highest BCUT2D eigenvalue weighted by molar-refractivity contribution is 8.00. The second-order valence-corrected chi connectivity index (χ2v) is 12.1. The minimum Gasteiger partial charge on any atom is -0.497 e. The van der Waals surface area contributed by atoms with Crippen LogP contribution in [0, 0.1) is 10.1 Å². The molecule has 1 aromatic heterocycles. The van der Waals surface area contributed by atoms with Crippen molar-refractivity contribution >= 4 is 63.4 Å². The predicted molar refractivity (Wildman–Crippen MR) is 190 cm³/mol. The fourth-order valence-electron chi connectivity index (χ4n) is 4.42. The highest BCUT2D eigenvalue weighted by atomic mass is 32.2. The first-order valence-corrected chi connectivity index (χ1v) is 16.4. The quantitative estimate of drug-likeness (QED) is 0.0516. The molecule has 0 unspecified atom stereocenters. The summed E-state index contributed by atoms with van der Waals surface area (Å²) in [6.07, 6.45) is 1.52. The number of carbonyl (C=O) groups is 3. The van der Waals surface area contributed by atoms with E-state index in [1.54, 1.807) is 90.3 Å². The van der Waals surface area contributed by atoms with Crippen LogP contribution in [0.3, 0.4) is 0 Å². The number of aromatic nitrogens is 1. The Morgan fingerprint density at radius 3 is 2.41 bits per heavy atom. The van der Waals surface area contributed by atoms with Gasteiger partial charge in [-0.3, -0.25) is 24.5 Å². The standard InChI is InChI=1S/C35H29N5O7S2/c1-46-27-14-11-24(31(19-27)47-2)18-29(37-33(42)22-7-4-3-5-8-22)34(43)36-25-12-15-28(16-13-25)48-21-32(41)39-35-38-30(20-49-35)23-9-6-10-26(17-23)40(44)45/h3-20H,21H2,1-2H3,(H,36,43)(H,37,42)(H,38,39,41)/b29-18-. The molecule has 4 aromatic carbocycles. The van der Waals surface area contributed by atoms with Gasteiger partial charge < -0.3 is 25.4 Å². The highest BCUT2D eigenvalue weighted by Gasteiger charge is 2.17. The number of nitrogens with zero attached hydrogens (tertiary/aromatic N) is 2. The zero-order valence-corrected chi connectivity index (χ0v) is 27.8. The van der Waals surface area contributed by atoms with Gasteiger partial charge in [-0.05, 0) is 54.6 Å². The Morgan fingerprint density at radius 1 is 0.918 bits per heavy atom. The van der Waals surface area contributed by atoms with Crippen molar-refractivity contribution in [3.63, 3.8) is 0 Å². The van der Waals surface area contributed by atoms with E-state index in [-0.39, 0.29) is 23.0 Å². The number of hydrogen-bond acceptors (Lipinski definition) is 10. The number of ether oxygens (including phenoxy) is 2. The maximum absolute atomic E-state index is 13.5. The third kappa shape index (κ3) is 9.31. The molecule has 0 atom stereocenters. The number of nitro benzene ring substituents is 1. The van der Waals surface area contributed by atoms with Crippen molar-refractivity contribution in [2.75, 3.05) is 30.6 Å². The first-order valence-electron chi connectivity index (χ1n) is 14.6. The minimum absolute atomic E-state index is 0.0109. The third-order valence-corrected chi connectivity index (χ3v) is 8.62. The summed E-state index contributed by atoms with van der Waals surface area (Å²) in [5.74, 6) is -0.187. The maximum atomic E-state index is 13.5. The van der Waals surface area contributed by atoms with E-state index in [1.807, 2.05) is 0 Å². The molecule has 0 saturated heterocycles. The minimum atomic E-state index is -0.560. The molecule has 5 rings (SSSR count). The predicted octanol–water partition coefficient (Wildman–Crippen LogP) is 6.88. The van der Waals surface area contributed by atoms with E-state index >= 15 is 0 Å². The second kappa shape index (κ2) is 16.2. The molecule has 3 N–H and O–H groups in total. The van der Waals surface area contributed by atoms with Crippen LogP contribution in [0.4, 0.5) is 16.5 Å². The molecule has 0 spiro atoms. The summed E-state index contributed by atoms with van der Waals surface area (Å²) in [7, 11) is 3.03. The van der Waals surface area contributed by atoms with Crippen molar-refractivity contribution in [3.8, 4) is 22.8 Å². The number of methoxy groups -OCH3 is 2. The lowest BCUT2D eigenvalue weighted by atomic mass is 10.1. The Labute approximate surface area is 289 Å². The smallest absolute Gasteiger partial charge is 0.272 e. The van der Waals surface area contributed by atoms with Crippen LogP contribution in [0.5, 0.6) is 11.5 Å². The summed E-state index contributed by atoms with van der Waals surface area (Å²) in [6.45, 7) is 0. The van der Waals surface area contributed by atoms with E-state index in [9.17, 15) is 24.5 Å². The van der Waals surface area contributed by atoms with Gasteiger partial charge in [-0.1, -0.05) is 30.3 Å². The molecular formula is C35H29N5O7S2. The number of non-ortho nitro benzene ring substituents is 1. The maximum Gasteiger partial charge on any atom is 0.272 e. The monoisotopic (exact) mass is 695 g/mol. The van der Waals surface area contributed by atoms with Crippen LogP contribution >= 0.6 is 23.1 Å². The van der Waals surface area contributed by atoms with E-state index < -0.39 is 16.7 Å². The van der Waals surface area contributed by atoms with Crippen molar-refractivity contribution < 1.29 is 28.8 Å². The van der Waals surface area contributed by atoms with Crippen molar-refractivity contribution in [1.82, 2.24) is 10.3 Å². The number of thiazole rings is 1. The van der Waals surface area contributed by atoms with Gasteiger partial charge in [-0.25, -0.2) is 4.98 Å². The van der Waals surface area contributed by atoms with Crippen LogP contribution in [0.15, 0.2) is 113 Å². The zero-order chi connectivity index (χ0) is 34.8. The number of carbonyl (C=O) groups excluding carboxylic acids is 3. The number of benzene rings is 4. The number of thioether (sulfide) groups is 1. The number of hydrogen-bond donors (Lipinski definition) is 3. The van der Waals surface area contributed by atoms with Crippen LogP contribution in [-0.4, -0.2) is 47.6 Å². The zero-order valence-electron chi connectivity index (χ0n) is 26.2. The number of rotatable bonds is 13. The molecule has 0 saturated carbocycles. The first kappa shape index (κ1) is 34.3. The van der Waals surface area contributed by atoms with E-state index in [0.29, 0.717) is 44.7 Å². The molecule has 248 valence electrons. The van der Waals surface area contributed by atoms with Gasteiger partial charge in [0.15, 0.2) is 5.13 Å². The molecule has 14 heteroatoms. The van der Waals surface area contributed by atoms with Gasteiger partial charge >= 0.3 is 0 Å². The largest absolute Gasteiger partial charge is 0.497 e. The lowest BCUT2D eigenvalue weighted by Crippen LogP contribution is -2.30. The Bertz CT molecular complexity index is 2010. The van der Waals surface area contributed by atoms with E-state index in [0.717, 1.165) is 4.90 Å². The Morgan fingerprint density at radius 2 is 1.69 bits per heavy atom. The van der Waals surface area contributed by atoms with Gasteiger partial charge in [0.05, 0.1) is 30.6 Å². The van der Waals surface area contributed by atoms with Crippen LogP contribution < -0.4 is 25.4 Å². The van der Waals surface area contributed by atoms with E-state index in [4.69, 9.17) is 9.47 Å². The molecule has 1 heterocycles.